The van der Waals surface area contributed by atoms with Gasteiger partial charge in [0.25, 0.3) is 0 Å². The molecular formula is C18H29NO5S. The second kappa shape index (κ2) is 10.2. The van der Waals surface area contributed by atoms with E-state index in [4.69, 9.17) is 14.2 Å². The third-order valence-electron chi connectivity index (χ3n) is 4.62. The Morgan fingerprint density at radius 2 is 1.76 bits per heavy atom. The second-order valence-electron chi connectivity index (χ2n) is 6.22. The SMILES string of the molecule is COCCOCCS(=O)(=O)N1CCC(C(OC)c2ccccc2)CC1. The van der Waals surface area contributed by atoms with Crippen LogP contribution in [0.2, 0.25) is 0 Å². The lowest BCUT2D eigenvalue weighted by atomic mass is 9.88. The minimum Gasteiger partial charge on any atom is -0.382 e. The number of rotatable bonds is 10. The van der Waals surface area contributed by atoms with Crippen molar-refractivity contribution in [3.05, 3.63) is 35.9 Å². The molecular weight excluding hydrogens is 342 g/mol. The number of ether oxygens (including phenoxy) is 3. The van der Waals surface area contributed by atoms with Crippen LogP contribution < -0.4 is 0 Å². The third-order valence-corrected chi connectivity index (χ3v) is 6.45. The smallest absolute Gasteiger partial charge is 0.216 e. The molecule has 1 aromatic rings. The molecule has 0 radical (unpaired) electrons. The van der Waals surface area contributed by atoms with E-state index in [9.17, 15) is 8.42 Å². The van der Waals surface area contributed by atoms with Crippen molar-refractivity contribution in [3.8, 4) is 0 Å². The largest absolute Gasteiger partial charge is 0.382 e. The van der Waals surface area contributed by atoms with Crippen LogP contribution in [0, 0.1) is 5.92 Å². The van der Waals surface area contributed by atoms with Crippen LogP contribution >= 0.6 is 0 Å². The Balaban J connectivity index is 1.83. The molecule has 1 aliphatic rings. The van der Waals surface area contributed by atoms with Crippen LogP contribution in [-0.4, -0.2) is 65.6 Å². The standard InChI is InChI=1S/C18H29NO5S/c1-22-12-13-24-14-15-25(20,21)19-10-8-17(9-11-19)18(23-2)16-6-4-3-5-7-16/h3-7,17-18H,8-15H2,1-2H3. The zero-order chi connectivity index (χ0) is 18.1. The highest BCUT2D eigenvalue weighted by atomic mass is 32.2. The van der Waals surface area contributed by atoms with Crippen molar-refractivity contribution in [1.29, 1.82) is 0 Å². The van der Waals surface area contributed by atoms with Crippen molar-refractivity contribution in [2.75, 3.05) is 52.9 Å². The summed E-state index contributed by atoms with van der Waals surface area (Å²) in [6.45, 7) is 2.18. The fourth-order valence-electron chi connectivity index (χ4n) is 3.24. The van der Waals surface area contributed by atoms with E-state index in [1.807, 2.05) is 18.2 Å². The van der Waals surface area contributed by atoms with Crippen LogP contribution in [0.1, 0.15) is 24.5 Å². The molecule has 1 fully saturated rings. The van der Waals surface area contributed by atoms with Crippen molar-refractivity contribution in [3.63, 3.8) is 0 Å². The van der Waals surface area contributed by atoms with Crippen molar-refractivity contribution < 1.29 is 22.6 Å². The number of nitrogens with zero attached hydrogens (tertiary/aromatic N) is 1. The minimum atomic E-state index is -3.26. The van der Waals surface area contributed by atoms with Gasteiger partial charge in [0.15, 0.2) is 0 Å². The highest BCUT2D eigenvalue weighted by molar-refractivity contribution is 7.89. The van der Waals surface area contributed by atoms with Crippen LogP contribution in [-0.2, 0) is 24.2 Å². The monoisotopic (exact) mass is 371 g/mol. The maximum Gasteiger partial charge on any atom is 0.216 e. The van der Waals surface area contributed by atoms with Crippen molar-refractivity contribution in [2.24, 2.45) is 5.92 Å². The van der Waals surface area contributed by atoms with Crippen LogP contribution in [0.4, 0.5) is 0 Å². The molecule has 1 aliphatic heterocycles. The van der Waals surface area contributed by atoms with Crippen LogP contribution in [0.25, 0.3) is 0 Å². The number of hydrogen-bond acceptors (Lipinski definition) is 5. The Morgan fingerprint density at radius 3 is 2.36 bits per heavy atom. The van der Waals surface area contributed by atoms with Gasteiger partial charge in [-0.1, -0.05) is 30.3 Å². The van der Waals surface area contributed by atoms with Crippen molar-refractivity contribution >= 4 is 10.0 Å². The predicted octanol–water partition coefficient (Wildman–Crippen LogP) is 2.08. The van der Waals surface area contributed by atoms with E-state index in [1.165, 1.54) is 0 Å². The summed E-state index contributed by atoms with van der Waals surface area (Å²) in [5, 5.41) is 0. The van der Waals surface area contributed by atoms with Gasteiger partial charge in [-0.05, 0) is 24.3 Å². The summed E-state index contributed by atoms with van der Waals surface area (Å²) in [5.74, 6) is 0.352. The molecule has 142 valence electrons. The molecule has 1 aromatic carbocycles. The zero-order valence-electron chi connectivity index (χ0n) is 15.1. The molecule has 7 heteroatoms. The summed E-state index contributed by atoms with van der Waals surface area (Å²) >= 11 is 0. The van der Waals surface area contributed by atoms with E-state index in [2.05, 4.69) is 12.1 Å². The molecule has 0 saturated carbocycles. The molecule has 1 saturated heterocycles. The van der Waals surface area contributed by atoms with Gasteiger partial charge in [0.2, 0.25) is 10.0 Å². The van der Waals surface area contributed by atoms with E-state index in [0.717, 1.165) is 18.4 Å². The maximum absolute atomic E-state index is 12.4. The fraction of sp³-hybridized carbons (Fsp3) is 0.667. The van der Waals surface area contributed by atoms with Gasteiger partial charge in [-0.3, -0.25) is 0 Å². The fourth-order valence-corrected chi connectivity index (χ4v) is 4.59. The Kier molecular flexibility index (Phi) is 8.32. The molecule has 25 heavy (non-hydrogen) atoms. The third kappa shape index (κ3) is 6.04. The quantitative estimate of drug-likeness (QED) is 0.589. The van der Waals surface area contributed by atoms with Crippen molar-refractivity contribution in [1.82, 2.24) is 4.31 Å². The van der Waals surface area contributed by atoms with Gasteiger partial charge in [-0.25, -0.2) is 12.7 Å². The lowest BCUT2D eigenvalue weighted by Crippen LogP contribution is -2.41. The highest BCUT2D eigenvalue weighted by Crippen LogP contribution is 2.33. The van der Waals surface area contributed by atoms with Gasteiger partial charge in [0.05, 0.1) is 31.7 Å². The first-order valence-electron chi connectivity index (χ1n) is 8.70. The van der Waals surface area contributed by atoms with Gasteiger partial charge in [0.1, 0.15) is 0 Å². The summed E-state index contributed by atoms with van der Waals surface area (Å²) in [7, 11) is 0.0463. The molecule has 0 bridgehead atoms. The number of benzene rings is 1. The van der Waals surface area contributed by atoms with E-state index in [1.54, 1.807) is 18.5 Å². The number of piperidine rings is 1. The molecule has 1 unspecified atom stereocenters. The highest BCUT2D eigenvalue weighted by Gasteiger charge is 2.32. The molecule has 0 aromatic heterocycles. The van der Waals surface area contributed by atoms with Gasteiger partial charge >= 0.3 is 0 Å². The Morgan fingerprint density at radius 1 is 1.08 bits per heavy atom. The lowest BCUT2D eigenvalue weighted by molar-refractivity contribution is 0.0302. The first kappa shape index (κ1) is 20.3. The van der Waals surface area contributed by atoms with Crippen molar-refractivity contribution in [2.45, 2.75) is 18.9 Å². The topological polar surface area (TPSA) is 65.1 Å². The molecule has 0 aliphatic carbocycles. The second-order valence-corrected chi connectivity index (χ2v) is 8.31. The number of methoxy groups -OCH3 is 2. The van der Waals surface area contributed by atoms with E-state index < -0.39 is 10.0 Å². The molecule has 0 spiro atoms. The molecule has 1 atom stereocenters. The maximum atomic E-state index is 12.4. The summed E-state index contributed by atoms with van der Waals surface area (Å²) < 4.78 is 42.3. The summed E-state index contributed by atoms with van der Waals surface area (Å²) in [6.07, 6.45) is 1.62. The molecule has 0 N–H and O–H groups in total. The normalized spacial score (nSPS) is 18.3. The van der Waals surface area contributed by atoms with E-state index >= 15 is 0 Å². The Labute approximate surface area is 151 Å². The summed E-state index contributed by atoms with van der Waals surface area (Å²) in [6, 6.07) is 10.1. The first-order chi connectivity index (χ1) is 12.1. The Bertz CT molecular complexity index is 585. The Hall–Kier alpha value is -0.990. The molecule has 6 nitrogen and oxygen atoms in total. The van der Waals surface area contributed by atoms with Gasteiger partial charge < -0.3 is 14.2 Å². The first-order valence-corrected chi connectivity index (χ1v) is 10.3. The predicted molar refractivity (Wildman–Crippen MR) is 97.0 cm³/mol. The van der Waals surface area contributed by atoms with Gasteiger partial charge in [0, 0.05) is 27.3 Å². The lowest BCUT2D eigenvalue weighted by Gasteiger charge is -2.35. The van der Waals surface area contributed by atoms with Crippen LogP contribution in [0.15, 0.2) is 30.3 Å². The van der Waals surface area contributed by atoms with Gasteiger partial charge in [-0.15, -0.1) is 0 Å². The number of sulfonamides is 1. The molecule has 1 heterocycles. The number of hydrogen-bond donors (Lipinski definition) is 0. The summed E-state index contributed by atoms with van der Waals surface area (Å²) in [4.78, 5) is 0. The molecule has 0 amide bonds. The minimum absolute atomic E-state index is 0.0171. The average molecular weight is 371 g/mol. The molecule has 2 rings (SSSR count). The summed E-state index contributed by atoms with van der Waals surface area (Å²) in [5.41, 5.74) is 1.15. The van der Waals surface area contributed by atoms with Crippen LogP contribution in [0.3, 0.4) is 0 Å². The van der Waals surface area contributed by atoms with Gasteiger partial charge in [-0.2, -0.15) is 0 Å². The average Bonchev–Trinajstić information content (AvgIpc) is 2.63. The zero-order valence-corrected chi connectivity index (χ0v) is 15.9. The van der Waals surface area contributed by atoms with E-state index in [0.29, 0.717) is 32.2 Å². The van der Waals surface area contributed by atoms with E-state index in [-0.39, 0.29) is 18.5 Å². The van der Waals surface area contributed by atoms with Crippen LogP contribution in [0.5, 0.6) is 0 Å².